The van der Waals surface area contributed by atoms with Crippen molar-refractivity contribution in [2.24, 2.45) is 0 Å². The summed E-state index contributed by atoms with van der Waals surface area (Å²) < 4.78 is 1.84. The second-order valence-electron chi connectivity index (χ2n) is 5.12. The fraction of sp³-hybridized carbons (Fsp3) is 0.400. The summed E-state index contributed by atoms with van der Waals surface area (Å²) in [6.45, 7) is 1.48. The molecule has 3 heterocycles. The molecule has 5 nitrogen and oxygen atoms in total. The first-order chi connectivity index (χ1) is 10.3. The predicted molar refractivity (Wildman–Crippen MR) is 81.4 cm³/mol. The summed E-state index contributed by atoms with van der Waals surface area (Å²) in [5, 5.41) is 4.84. The molecule has 0 aliphatic carbocycles. The van der Waals surface area contributed by atoms with Gasteiger partial charge in [0, 0.05) is 48.7 Å². The van der Waals surface area contributed by atoms with Gasteiger partial charge >= 0.3 is 0 Å². The van der Waals surface area contributed by atoms with Crippen LogP contribution >= 0.6 is 11.6 Å². The molecule has 2 aromatic heterocycles. The Labute approximate surface area is 128 Å². The average Bonchev–Trinajstić information content (AvgIpc) is 3.00. The summed E-state index contributed by atoms with van der Waals surface area (Å²) >= 11 is 6.19. The van der Waals surface area contributed by atoms with E-state index in [0.29, 0.717) is 11.4 Å². The van der Waals surface area contributed by atoms with E-state index in [1.807, 2.05) is 16.9 Å². The monoisotopic (exact) mass is 304 g/mol. The van der Waals surface area contributed by atoms with Crippen LogP contribution < -0.4 is 4.90 Å². The molecule has 0 N–H and O–H groups in total. The molecule has 0 aromatic carbocycles. The first kappa shape index (κ1) is 14.1. The number of nitrogens with zero attached hydrogens (tertiary/aromatic N) is 4. The van der Waals surface area contributed by atoms with Gasteiger partial charge < -0.3 is 0 Å². The summed E-state index contributed by atoms with van der Waals surface area (Å²) in [6.07, 6.45) is 8.40. The number of hydrogen-bond donors (Lipinski definition) is 0. The number of anilines is 1. The van der Waals surface area contributed by atoms with Gasteiger partial charge in [-0.2, -0.15) is 5.10 Å². The van der Waals surface area contributed by atoms with Crippen LogP contribution in [0.25, 0.3) is 0 Å². The Morgan fingerprint density at radius 2 is 2.29 bits per heavy atom. The van der Waals surface area contributed by atoms with Gasteiger partial charge in [0.25, 0.3) is 0 Å². The van der Waals surface area contributed by atoms with Crippen molar-refractivity contribution in [2.75, 3.05) is 11.4 Å². The molecular formula is C15H17ClN4O. The number of aryl methyl sites for hydroxylation is 1. The van der Waals surface area contributed by atoms with Crippen molar-refractivity contribution < 1.29 is 4.79 Å². The molecule has 110 valence electrons. The normalized spacial score (nSPS) is 14.0. The van der Waals surface area contributed by atoms with Gasteiger partial charge in [0.05, 0.1) is 0 Å². The number of hydrogen-bond acceptors (Lipinski definition) is 3. The van der Waals surface area contributed by atoms with Crippen LogP contribution in [0, 0.1) is 0 Å². The SMILES string of the molecule is O=C(CCCn1cccn1)N1CCCc2c(Cl)ccnc21. The zero-order valence-electron chi connectivity index (χ0n) is 11.7. The van der Waals surface area contributed by atoms with Crippen molar-refractivity contribution in [3.8, 4) is 0 Å². The van der Waals surface area contributed by atoms with Crippen LogP contribution in [0.3, 0.4) is 0 Å². The molecule has 0 radical (unpaired) electrons. The van der Waals surface area contributed by atoms with E-state index >= 15 is 0 Å². The highest BCUT2D eigenvalue weighted by Gasteiger charge is 2.24. The molecule has 1 aliphatic heterocycles. The van der Waals surface area contributed by atoms with Gasteiger partial charge in [-0.1, -0.05) is 11.6 Å². The number of pyridine rings is 1. The minimum absolute atomic E-state index is 0.109. The number of fused-ring (bicyclic) bond motifs is 1. The van der Waals surface area contributed by atoms with Gasteiger partial charge in [-0.3, -0.25) is 14.4 Å². The lowest BCUT2D eigenvalue weighted by atomic mass is 10.1. The largest absolute Gasteiger partial charge is 0.297 e. The van der Waals surface area contributed by atoms with Crippen molar-refractivity contribution in [1.82, 2.24) is 14.8 Å². The minimum Gasteiger partial charge on any atom is -0.297 e. The second-order valence-corrected chi connectivity index (χ2v) is 5.52. The van der Waals surface area contributed by atoms with Crippen molar-refractivity contribution in [2.45, 2.75) is 32.2 Å². The number of halogens is 1. The quantitative estimate of drug-likeness (QED) is 0.872. The Hall–Kier alpha value is -1.88. The number of aromatic nitrogens is 3. The van der Waals surface area contributed by atoms with Crippen LogP contribution in [0.5, 0.6) is 0 Å². The molecule has 21 heavy (non-hydrogen) atoms. The zero-order valence-corrected chi connectivity index (χ0v) is 12.5. The molecule has 0 bridgehead atoms. The van der Waals surface area contributed by atoms with E-state index in [9.17, 15) is 4.79 Å². The summed E-state index contributed by atoms with van der Waals surface area (Å²) in [5.74, 6) is 0.843. The van der Waals surface area contributed by atoms with E-state index in [1.165, 1.54) is 0 Å². The molecule has 6 heteroatoms. The Bertz CT molecular complexity index is 627. The molecule has 3 rings (SSSR count). The van der Waals surface area contributed by atoms with Crippen LogP contribution in [0.2, 0.25) is 5.02 Å². The van der Waals surface area contributed by atoms with E-state index in [0.717, 1.165) is 43.7 Å². The summed E-state index contributed by atoms with van der Waals surface area (Å²) in [5.41, 5.74) is 0.992. The topological polar surface area (TPSA) is 51.0 Å². The Morgan fingerprint density at radius 1 is 1.38 bits per heavy atom. The van der Waals surface area contributed by atoms with E-state index in [2.05, 4.69) is 10.1 Å². The molecular weight excluding hydrogens is 288 g/mol. The lowest BCUT2D eigenvalue weighted by Crippen LogP contribution is -2.36. The fourth-order valence-electron chi connectivity index (χ4n) is 2.65. The molecule has 0 spiro atoms. The maximum atomic E-state index is 12.4. The van der Waals surface area contributed by atoms with Crippen molar-refractivity contribution in [3.05, 3.63) is 41.3 Å². The van der Waals surface area contributed by atoms with Crippen LogP contribution in [0.4, 0.5) is 5.82 Å². The van der Waals surface area contributed by atoms with Crippen molar-refractivity contribution in [3.63, 3.8) is 0 Å². The van der Waals surface area contributed by atoms with Gasteiger partial charge in [-0.15, -0.1) is 0 Å². The van der Waals surface area contributed by atoms with E-state index in [1.54, 1.807) is 23.4 Å². The third-order valence-electron chi connectivity index (χ3n) is 3.68. The number of amides is 1. The van der Waals surface area contributed by atoms with E-state index < -0.39 is 0 Å². The molecule has 0 saturated carbocycles. The lowest BCUT2D eigenvalue weighted by molar-refractivity contribution is -0.118. The van der Waals surface area contributed by atoms with Crippen LogP contribution in [-0.2, 0) is 17.8 Å². The Balaban J connectivity index is 1.65. The first-order valence-electron chi connectivity index (χ1n) is 7.17. The molecule has 0 unspecified atom stereocenters. The Kier molecular flexibility index (Phi) is 4.20. The van der Waals surface area contributed by atoms with Crippen LogP contribution in [0.15, 0.2) is 30.7 Å². The third kappa shape index (κ3) is 3.08. The fourth-order valence-corrected chi connectivity index (χ4v) is 2.88. The minimum atomic E-state index is 0.109. The maximum absolute atomic E-state index is 12.4. The van der Waals surface area contributed by atoms with Gasteiger partial charge in [0.15, 0.2) is 0 Å². The summed E-state index contributed by atoms with van der Waals surface area (Å²) in [7, 11) is 0. The first-order valence-corrected chi connectivity index (χ1v) is 7.54. The number of carbonyl (C=O) groups is 1. The van der Waals surface area contributed by atoms with Crippen LogP contribution in [0.1, 0.15) is 24.8 Å². The number of carbonyl (C=O) groups excluding carboxylic acids is 1. The molecule has 1 aliphatic rings. The highest BCUT2D eigenvalue weighted by Crippen LogP contribution is 2.30. The standard InChI is InChI=1S/C15H17ClN4O/c16-13-6-8-17-15-12(13)4-1-11-20(15)14(21)5-2-9-19-10-3-7-18-19/h3,6-8,10H,1-2,4-5,9,11H2. The molecule has 2 aromatic rings. The van der Waals surface area contributed by atoms with Gasteiger partial charge in [0.2, 0.25) is 5.91 Å². The summed E-state index contributed by atoms with van der Waals surface area (Å²) in [4.78, 5) is 18.5. The molecule has 0 fully saturated rings. The predicted octanol–water partition coefficient (Wildman–Crippen LogP) is 2.69. The highest BCUT2D eigenvalue weighted by atomic mass is 35.5. The van der Waals surface area contributed by atoms with Gasteiger partial charge in [-0.05, 0) is 31.4 Å². The van der Waals surface area contributed by atoms with Gasteiger partial charge in [0.1, 0.15) is 5.82 Å². The van der Waals surface area contributed by atoms with Crippen LogP contribution in [-0.4, -0.2) is 27.2 Å². The third-order valence-corrected chi connectivity index (χ3v) is 4.03. The molecule has 0 saturated heterocycles. The zero-order chi connectivity index (χ0) is 14.7. The van der Waals surface area contributed by atoms with Crippen molar-refractivity contribution in [1.29, 1.82) is 0 Å². The summed E-state index contributed by atoms with van der Waals surface area (Å²) in [6, 6.07) is 3.67. The van der Waals surface area contributed by atoms with E-state index in [4.69, 9.17) is 11.6 Å². The average molecular weight is 305 g/mol. The van der Waals surface area contributed by atoms with Crippen molar-refractivity contribution >= 4 is 23.3 Å². The second kappa shape index (κ2) is 6.26. The smallest absolute Gasteiger partial charge is 0.228 e. The van der Waals surface area contributed by atoms with Gasteiger partial charge in [-0.25, -0.2) is 4.98 Å². The molecule has 0 atom stereocenters. The highest BCUT2D eigenvalue weighted by molar-refractivity contribution is 6.31. The lowest BCUT2D eigenvalue weighted by Gasteiger charge is -2.28. The maximum Gasteiger partial charge on any atom is 0.228 e. The Morgan fingerprint density at radius 3 is 3.10 bits per heavy atom. The number of rotatable bonds is 4. The van der Waals surface area contributed by atoms with E-state index in [-0.39, 0.29) is 5.91 Å². The molecule has 1 amide bonds.